The largest absolute Gasteiger partial charge is 0.294 e. The number of nitrogens with zero attached hydrogens (tertiary/aromatic N) is 1. The number of halogens is 1. The molecule has 0 radical (unpaired) electrons. The summed E-state index contributed by atoms with van der Waals surface area (Å²) in [6, 6.07) is 3.98. The van der Waals surface area contributed by atoms with Gasteiger partial charge in [-0.3, -0.25) is 4.79 Å². The summed E-state index contributed by atoms with van der Waals surface area (Å²) in [5, 5.41) is 0.908. The molecule has 0 unspecified atom stereocenters. The zero-order chi connectivity index (χ0) is 10.1. The molecule has 2 aromatic heterocycles. The van der Waals surface area contributed by atoms with Crippen LogP contribution in [0, 0.1) is 0 Å². The highest BCUT2D eigenvalue weighted by molar-refractivity contribution is 9.11. The summed E-state index contributed by atoms with van der Waals surface area (Å²) < 4.78 is 1.08. The van der Waals surface area contributed by atoms with Gasteiger partial charge in [-0.1, -0.05) is 0 Å². The Morgan fingerprint density at radius 1 is 1.43 bits per heavy atom. The Bertz CT molecular complexity index is 475. The fraction of sp³-hybridized carbons (Fsp3) is 0.111. The lowest BCUT2D eigenvalue weighted by Crippen LogP contribution is -1.83. The third-order valence-electron chi connectivity index (χ3n) is 1.64. The highest BCUT2D eigenvalue weighted by Crippen LogP contribution is 2.33. The van der Waals surface area contributed by atoms with E-state index in [9.17, 15) is 4.79 Å². The van der Waals surface area contributed by atoms with Crippen LogP contribution in [0.1, 0.15) is 16.6 Å². The maximum Gasteiger partial charge on any atom is 0.171 e. The molecule has 0 fully saturated rings. The Hall–Kier alpha value is -0.520. The number of rotatable bonds is 2. The van der Waals surface area contributed by atoms with Crippen LogP contribution in [0.15, 0.2) is 22.1 Å². The van der Waals surface area contributed by atoms with Crippen LogP contribution in [-0.4, -0.2) is 10.8 Å². The molecule has 0 atom stereocenters. The highest BCUT2D eigenvalue weighted by atomic mass is 79.9. The van der Waals surface area contributed by atoms with Crippen LogP contribution in [0.25, 0.3) is 9.88 Å². The topological polar surface area (TPSA) is 30.0 Å². The fourth-order valence-electron chi connectivity index (χ4n) is 0.980. The number of ketones is 1. The summed E-state index contributed by atoms with van der Waals surface area (Å²) in [4.78, 5) is 17.1. The first-order chi connectivity index (χ1) is 6.66. The molecule has 0 aliphatic heterocycles. The Balaban J connectivity index is 2.38. The predicted octanol–water partition coefficient (Wildman–Crippen LogP) is 3.84. The Kier molecular flexibility index (Phi) is 2.80. The van der Waals surface area contributed by atoms with Crippen molar-refractivity contribution < 1.29 is 4.79 Å². The normalized spacial score (nSPS) is 10.4. The molecule has 0 aromatic carbocycles. The molecule has 0 N–H and O–H groups in total. The molecule has 2 rings (SSSR count). The average Bonchev–Trinajstić information content (AvgIpc) is 2.70. The standard InChI is InChI=1S/C9H6BrNOS2/c1-5(12)7-4-11-9(14-7)6-2-3-8(10)13-6/h2-4H,1H3. The van der Waals surface area contributed by atoms with E-state index in [0.29, 0.717) is 4.88 Å². The van der Waals surface area contributed by atoms with Gasteiger partial charge in [-0.05, 0) is 28.1 Å². The van der Waals surface area contributed by atoms with Crippen molar-refractivity contribution in [1.29, 1.82) is 0 Å². The van der Waals surface area contributed by atoms with Crippen LogP contribution in [0.4, 0.5) is 0 Å². The number of hydrogen-bond acceptors (Lipinski definition) is 4. The molecular formula is C9H6BrNOS2. The number of carbonyl (C=O) groups is 1. The second-order valence-electron chi connectivity index (χ2n) is 2.69. The highest BCUT2D eigenvalue weighted by Gasteiger charge is 2.09. The van der Waals surface area contributed by atoms with Gasteiger partial charge in [0, 0.05) is 13.1 Å². The minimum Gasteiger partial charge on any atom is -0.294 e. The SMILES string of the molecule is CC(=O)c1cnc(-c2ccc(Br)s2)s1. The van der Waals surface area contributed by atoms with E-state index in [1.54, 1.807) is 24.5 Å². The molecule has 0 bridgehead atoms. The third kappa shape index (κ3) is 1.94. The molecule has 0 aliphatic rings. The van der Waals surface area contributed by atoms with Gasteiger partial charge in [0.05, 0.1) is 13.5 Å². The molecule has 0 spiro atoms. The summed E-state index contributed by atoms with van der Waals surface area (Å²) in [5.74, 6) is 0.0735. The summed E-state index contributed by atoms with van der Waals surface area (Å²) in [6.45, 7) is 1.56. The van der Waals surface area contributed by atoms with E-state index >= 15 is 0 Å². The summed E-state index contributed by atoms with van der Waals surface area (Å²) in [5.41, 5.74) is 0. The smallest absolute Gasteiger partial charge is 0.171 e. The second kappa shape index (κ2) is 3.92. The van der Waals surface area contributed by atoms with Gasteiger partial charge in [0.15, 0.2) is 5.78 Å². The first-order valence-corrected chi connectivity index (χ1v) is 6.32. The maximum absolute atomic E-state index is 11.1. The van der Waals surface area contributed by atoms with Crippen molar-refractivity contribution in [2.75, 3.05) is 0 Å². The summed E-state index contributed by atoms with van der Waals surface area (Å²) >= 11 is 6.45. The lowest BCUT2D eigenvalue weighted by molar-refractivity contribution is 0.102. The first-order valence-electron chi connectivity index (χ1n) is 3.89. The first kappa shape index (κ1) is 10.0. The van der Waals surface area contributed by atoms with Crippen LogP contribution in [0.5, 0.6) is 0 Å². The van der Waals surface area contributed by atoms with Crippen molar-refractivity contribution in [2.45, 2.75) is 6.92 Å². The molecule has 0 amide bonds. The van der Waals surface area contributed by atoms with Gasteiger partial charge in [-0.15, -0.1) is 22.7 Å². The number of Topliss-reactive ketones (excluding diaryl/α,β-unsaturated/α-hetero) is 1. The van der Waals surface area contributed by atoms with E-state index in [4.69, 9.17) is 0 Å². The lowest BCUT2D eigenvalue weighted by atomic mass is 10.4. The van der Waals surface area contributed by atoms with E-state index in [2.05, 4.69) is 20.9 Å². The van der Waals surface area contributed by atoms with E-state index in [1.807, 2.05) is 12.1 Å². The van der Waals surface area contributed by atoms with Crippen LogP contribution in [0.2, 0.25) is 0 Å². The van der Waals surface area contributed by atoms with Crippen LogP contribution in [0.3, 0.4) is 0 Å². The Labute approximate surface area is 97.7 Å². The van der Waals surface area contributed by atoms with Crippen LogP contribution < -0.4 is 0 Å². The van der Waals surface area contributed by atoms with Crippen molar-refractivity contribution in [3.8, 4) is 9.88 Å². The molecule has 5 heteroatoms. The molecule has 72 valence electrons. The van der Waals surface area contributed by atoms with E-state index < -0.39 is 0 Å². The van der Waals surface area contributed by atoms with E-state index in [-0.39, 0.29) is 5.78 Å². The summed E-state index contributed by atoms with van der Waals surface area (Å²) in [6.07, 6.45) is 1.63. The lowest BCUT2D eigenvalue weighted by Gasteiger charge is -1.85. The average molecular weight is 288 g/mol. The molecule has 2 heterocycles. The molecule has 0 saturated carbocycles. The van der Waals surface area contributed by atoms with Crippen molar-refractivity contribution in [1.82, 2.24) is 4.98 Å². The zero-order valence-corrected chi connectivity index (χ0v) is 10.5. The van der Waals surface area contributed by atoms with Crippen molar-refractivity contribution in [3.63, 3.8) is 0 Å². The third-order valence-corrected chi connectivity index (χ3v) is 4.53. The number of carbonyl (C=O) groups excluding carboxylic acids is 1. The number of aromatic nitrogens is 1. The molecule has 14 heavy (non-hydrogen) atoms. The van der Waals surface area contributed by atoms with Gasteiger partial charge in [0.1, 0.15) is 5.01 Å². The molecule has 2 nitrogen and oxygen atoms in total. The van der Waals surface area contributed by atoms with Gasteiger partial charge in [-0.25, -0.2) is 4.98 Å². The van der Waals surface area contributed by atoms with Gasteiger partial charge in [-0.2, -0.15) is 0 Å². The van der Waals surface area contributed by atoms with Gasteiger partial charge >= 0.3 is 0 Å². The van der Waals surface area contributed by atoms with Crippen molar-refractivity contribution in [2.24, 2.45) is 0 Å². The second-order valence-corrected chi connectivity index (χ2v) is 6.18. The predicted molar refractivity (Wildman–Crippen MR) is 63.1 cm³/mol. The van der Waals surface area contributed by atoms with Crippen molar-refractivity contribution in [3.05, 3.63) is 27.0 Å². The maximum atomic E-state index is 11.1. The number of hydrogen-bond donors (Lipinski definition) is 0. The number of thiazole rings is 1. The minimum atomic E-state index is 0.0735. The van der Waals surface area contributed by atoms with Crippen LogP contribution >= 0.6 is 38.6 Å². The zero-order valence-electron chi connectivity index (χ0n) is 7.28. The number of thiophene rings is 1. The van der Waals surface area contributed by atoms with E-state index in [0.717, 1.165) is 13.7 Å². The molecular weight excluding hydrogens is 282 g/mol. The van der Waals surface area contributed by atoms with Gasteiger partial charge in [0.25, 0.3) is 0 Å². The molecule has 0 aliphatic carbocycles. The van der Waals surface area contributed by atoms with Crippen molar-refractivity contribution >= 4 is 44.4 Å². The Morgan fingerprint density at radius 2 is 2.21 bits per heavy atom. The van der Waals surface area contributed by atoms with Gasteiger partial charge in [0.2, 0.25) is 0 Å². The minimum absolute atomic E-state index is 0.0735. The quantitative estimate of drug-likeness (QED) is 0.786. The molecule has 0 saturated heterocycles. The Morgan fingerprint density at radius 3 is 2.71 bits per heavy atom. The monoisotopic (exact) mass is 287 g/mol. The fourth-order valence-corrected chi connectivity index (χ4v) is 3.24. The van der Waals surface area contributed by atoms with Crippen LogP contribution in [-0.2, 0) is 0 Å². The van der Waals surface area contributed by atoms with E-state index in [1.165, 1.54) is 11.3 Å². The summed E-state index contributed by atoms with van der Waals surface area (Å²) in [7, 11) is 0. The van der Waals surface area contributed by atoms with Gasteiger partial charge < -0.3 is 0 Å². The molecule has 2 aromatic rings.